The van der Waals surface area contributed by atoms with Crippen LogP contribution in [0, 0.1) is 0 Å². The van der Waals surface area contributed by atoms with Crippen molar-refractivity contribution in [2.45, 2.75) is 39.7 Å². The average molecular weight is 260 g/mol. The molecule has 0 amide bonds. The van der Waals surface area contributed by atoms with Crippen LogP contribution >= 0.6 is 0 Å². The maximum absolute atomic E-state index is 11.1. The fraction of sp³-hybridized carbons (Fsp3) is 0.750. The number of carbonyl (C=O) groups excluding carboxylic acids is 1. The Labute approximate surface area is 106 Å². The Morgan fingerprint density at radius 3 is 2.24 bits per heavy atom. The Hall–Kier alpha value is -0.653. The molecule has 0 heterocycles. The van der Waals surface area contributed by atoms with E-state index < -0.39 is 9.28 Å². The molecule has 0 saturated heterocycles. The molecule has 0 aromatic rings. The van der Waals surface area contributed by atoms with E-state index in [4.69, 9.17) is 13.6 Å². The van der Waals surface area contributed by atoms with Gasteiger partial charge in [0.25, 0.3) is 0 Å². The van der Waals surface area contributed by atoms with Gasteiger partial charge in [0.05, 0.1) is 6.61 Å². The largest absolute Gasteiger partial charge is 0.462 e. The summed E-state index contributed by atoms with van der Waals surface area (Å²) < 4.78 is 16.1. The van der Waals surface area contributed by atoms with Crippen LogP contribution in [0.5, 0.6) is 0 Å². The summed E-state index contributed by atoms with van der Waals surface area (Å²) in [4.78, 5) is 11.1. The normalized spacial score (nSPS) is 10.6. The molecule has 0 fully saturated rings. The van der Waals surface area contributed by atoms with Crippen LogP contribution in [0.2, 0.25) is 6.04 Å². The monoisotopic (exact) mass is 260 g/mol. The van der Waals surface area contributed by atoms with Crippen LogP contribution in [-0.2, 0) is 18.4 Å². The van der Waals surface area contributed by atoms with Crippen LogP contribution in [0.3, 0.4) is 0 Å². The highest BCUT2D eigenvalue weighted by molar-refractivity contribution is 6.44. The van der Waals surface area contributed by atoms with Gasteiger partial charge in [-0.15, -0.1) is 0 Å². The molecule has 0 unspecified atom stereocenters. The number of hydrogen-bond acceptors (Lipinski definition) is 4. The molecule has 5 heteroatoms. The number of unbranched alkanes of at least 4 members (excludes halogenated alkanes) is 1. The van der Waals surface area contributed by atoms with Crippen LogP contribution in [0.15, 0.2) is 12.2 Å². The van der Waals surface area contributed by atoms with Crippen LogP contribution in [0.25, 0.3) is 0 Å². The highest BCUT2D eigenvalue weighted by atomic mass is 28.3. The van der Waals surface area contributed by atoms with E-state index in [-0.39, 0.29) is 5.97 Å². The van der Waals surface area contributed by atoms with Crippen molar-refractivity contribution >= 4 is 15.3 Å². The van der Waals surface area contributed by atoms with Gasteiger partial charge in [0.2, 0.25) is 0 Å². The van der Waals surface area contributed by atoms with E-state index in [0.717, 1.165) is 18.9 Å². The summed E-state index contributed by atoms with van der Waals surface area (Å²) in [5.41, 5.74) is 0.445. The van der Waals surface area contributed by atoms with Gasteiger partial charge in [-0.3, -0.25) is 0 Å². The van der Waals surface area contributed by atoms with E-state index in [2.05, 4.69) is 6.58 Å². The zero-order chi connectivity index (χ0) is 13.1. The Morgan fingerprint density at radius 1 is 1.18 bits per heavy atom. The maximum Gasteiger partial charge on any atom is 0.333 e. The van der Waals surface area contributed by atoms with Crippen molar-refractivity contribution in [1.29, 1.82) is 0 Å². The number of carbonyl (C=O) groups is 1. The van der Waals surface area contributed by atoms with Crippen molar-refractivity contribution in [2.75, 3.05) is 19.8 Å². The number of ether oxygens (including phenoxy) is 1. The molecule has 0 aromatic heterocycles. The van der Waals surface area contributed by atoms with Crippen LogP contribution in [0.4, 0.5) is 0 Å². The van der Waals surface area contributed by atoms with Crippen molar-refractivity contribution < 1.29 is 18.4 Å². The molecule has 4 nitrogen and oxygen atoms in total. The molecule has 0 aromatic carbocycles. The summed E-state index contributed by atoms with van der Waals surface area (Å²) in [6.45, 7) is 11.0. The van der Waals surface area contributed by atoms with Gasteiger partial charge in [0.1, 0.15) is 0 Å². The lowest BCUT2D eigenvalue weighted by molar-refractivity contribution is -0.139. The molecule has 0 aliphatic carbocycles. The Balaban J connectivity index is 3.54. The Bertz CT molecular complexity index is 225. The van der Waals surface area contributed by atoms with Crippen LogP contribution < -0.4 is 0 Å². The predicted molar refractivity (Wildman–Crippen MR) is 70.2 cm³/mol. The van der Waals surface area contributed by atoms with Crippen molar-refractivity contribution in [3.63, 3.8) is 0 Å². The highest BCUT2D eigenvalue weighted by Crippen LogP contribution is 2.05. The third-order valence-electron chi connectivity index (χ3n) is 2.12. The Kier molecular flexibility index (Phi) is 10.1. The molecule has 17 heavy (non-hydrogen) atoms. The van der Waals surface area contributed by atoms with Crippen LogP contribution in [-0.4, -0.2) is 35.1 Å². The molecule has 0 aliphatic rings. The standard InChI is InChI=1S/C12H24O4Si/c1-5-15-17(16-6-2)10-8-7-9-14-12(13)11(3)4/h17H,3,5-10H2,1-2,4H3. The molecule has 0 spiro atoms. The van der Waals surface area contributed by atoms with Crippen molar-refractivity contribution in [3.05, 3.63) is 12.2 Å². The molecule has 0 rings (SSSR count). The summed E-state index contributed by atoms with van der Waals surface area (Å²) in [5.74, 6) is -0.312. The fourth-order valence-electron chi connectivity index (χ4n) is 1.29. The summed E-state index contributed by atoms with van der Waals surface area (Å²) in [6, 6.07) is 0.965. The van der Waals surface area contributed by atoms with Crippen molar-refractivity contribution in [1.82, 2.24) is 0 Å². The highest BCUT2D eigenvalue weighted by Gasteiger charge is 2.11. The fourth-order valence-corrected chi connectivity index (χ4v) is 3.08. The molecular formula is C12H24O4Si. The van der Waals surface area contributed by atoms with E-state index in [1.54, 1.807) is 6.92 Å². The average Bonchev–Trinajstić information content (AvgIpc) is 2.28. The van der Waals surface area contributed by atoms with Crippen LogP contribution in [0.1, 0.15) is 33.6 Å². The molecule has 0 saturated carbocycles. The quantitative estimate of drug-likeness (QED) is 0.261. The van der Waals surface area contributed by atoms with Gasteiger partial charge in [-0.2, -0.15) is 0 Å². The molecular weight excluding hydrogens is 236 g/mol. The van der Waals surface area contributed by atoms with E-state index in [1.165, 1.54) is 0 Å². The first-order valence-electron chi connectivity index (χ1n) is 6.17. The zero-order valence-corrected chi connectivity index (χ0v) is 12.3. The topological polar surface area (TPSA) is 44.8 Å². The van der Waals surface area contributed by atoms with Gasteiger partial charge in [0, 0.05) is 18.8 Å². The first-order valence-corrected chi connectivity index (χ1v) is 7.93. The van der Waals surface area contributed by atoms with E-state index >= 15 is 0 Å². The van der Waals surface area contributed by atoms with E-state index in [1.807, 2.05) is 13.8 Å². The van der Waals surface area contributed by atoms with Crippen molar-refractivity contribution in [2.24, 2.45) is 0 Å². The minimum atomic E-state index is -1.48. The minimum Gasteiger partial charge on any atom is -0.462 e. The van der Waals surface area contributed by atoms with Gasteiger partial charge >= 0.3 is 15.3 Å². The van der Waals surface area contributed by atoms with Gasteiger partial charge in [-0.1, -0.05) is 6.58 Å². The SMILES string of the molecule is C=C(C)C(=O)OCCCC[SiH](OCC)OCC. The van der Waals surface area contributed by atoms with Gasteiger partial charge in [0.15, 0.2) is 0 Å². The molecule has 0 atom stereocenters. The maximum atomic E-state index is 11.1. The summed E-state index contributed by atoms with van der Waals surface area (Å²) in [6.07, 6.45) is 1.82. The lowest BCUT2D eigenvalue weighted by atomic mass is 10.3. The first-order chi connectivity index (χ1) is 8.11. The lowest BCUT2D eigenvalue weighted by Crippen LogP contribution is -2.22. The van der Waals surface area contributed by atoms with Crippen molar-refractivity contribution in [3.8, 4) is 0 Å². The third kappa shape index (κ3) is 9.09. The zero-order valence-electron chi connectivity index (χ0n) is 11.2. The van der Waals surface area contributed by atoms with E-state index in [0.29, 0.717) is 25.4 Å². The molecule has 0 N–H and O–H groups in total. The summed E-state index contributed by atoms with van der Waals surface area (Å²) in [7, 11) is -1.48. The second kappa shape index (κ2) is 10.5. The number of hydrogen-bond donors (Lipinski definition) is 0. The third-order valence-corrected chi connectivity index (χ3v) is 4.41. The number of esters is 1. The minimum absolute atomic E-state index is 0.312. The predicted octanol–water partition coefficient (Wildman–Crippen LogP) is 2.18. The van der Waals surface area contributed by atoms with Gasteiger partial charge in [-0.05, 0) is 39.7 Å². The molecule has 0 radical (unpaired) electrons. The van der Waals surface area contributed by atoms with E-state index in [9.17, 15) is 4.79 Å². The second-order valence-corrected chi connectivity index (χ2v) is 5.86. The summed E-state index contributed by atoms with van der Waals surface area (Å²) in [5, 5.41) is 0. The van der Waals surface area contributed by atoms with Gasteiger partial charge in [-0.25, -0.2) is 4.79 Å². The van der Waals surface area contributed by atoms with Gasteiger partial charge < -0.3 is 13.6 Å². The summed E-state index contributed by atoms with van der Waals surface area (Å²) >= 11 is 0. The number of rotatable bonds is 10. The smallest absolute Gasteiger partial charge is 0.333 e. The second-order valence-electron chi connectivity index (χ2n) is 3.75. The molecule has 0 aliphatic heterocycles. The first kappa shape index (κ1) is 16.3. The lowest BCUT2D eigenvalue weighted by Gasteiger charge is -2.14. The molecule has 0 bridgehead atoms. The molecule has 100 valence electrons. The Morgan fingerprint density at radius 2 is 1.76 bits per heavy atom.